The number of benzene rings is 1. The molecule has 3 aliphatic heterocycles. The van der Waals surface area contributed by atoms with Gasteiger partial charge in [0.1, 0.15) is 0 Å². The second kappa shape index (κ2) is 5.07. The van der Waals surface area contributed by atoms with Crippen molar-refractivity contribution < 1.29 is 23.9 Å². The normalized spacial score (nSPS) is 27.9. The fourth-order valence-corrected chi connectivity index (χ4v) is 4.99. The molecular weight excluding hydrogens is 332 g/mol. The number of thioether (sulfide) groups is 1. The van der Waals surface area contributed by atoms with E-state index in [4.69, 9.17) is 4.74 Å². The third-order valence-corrected chi connectivity index (χ3v) is 6.00. The molecule has 8 heteroatoms. The molecule has 0 aliphatic carbocycles. The summed E-state index contributed by atoms with van der Waals surface area (Å²) < 4.78 is 5.13. The highest BCUT2D eigenvalue weighted by Crippen LogP contribution is 2.51. The van der Waals surface area contributed by atoms with Gasteiger partial charge in [-0.2, -0.15) is 0 Å². The van der Waals surface area contributed by atoms with Crippen LogP contribution in [0.25, 0.3) is 0 Å². The number of carbonyl (C=O) groups is 4. The van der Waals surface area contributed by atoms with Gasteiger partial charge in [-0.25, -0.2) is 4.79 Å². The van der Waals surface area contributed by atoms with Crippen LogP contribution >= 0.6 is 11.8 Å². The number of rotatable bonds is 3. The Bertz CT molecular complexity index is 759. The molecule has 0 radical (unpaired) electrons. The van der Waals surface area contributed by atoms with Gasteiger partial charge in [-0.05, 0) is 19.1 Å². The number of hydrogen-bond donors (Lipinski definition) is 0. The molecule has 0 saturated carbocycles. The topological polar surface area (TPSA) is 84.0 Å². The summed E-state index contributed by atoms with van der Waals surface area (Å²) in [5, 5.41) is 0. The minimum Gasteiger partial charge on any atom is -0.464 e. The fourth-order valence-electron chi connectivity index (χ4n) is 3.53. The van der Waals surface area contributed by atoms with Crippen molar-refractivity contribution >= 4 is 35.5 Å². The van der Waals surface area contributed by atoms with E-state index in [0.717, 1.165) is 4.90 Å². The Kier molecular flexibility index (Phi) is 3.21. The van der Waals surface area contributed by atoms with Crippen LogP contribution in [0.3, 0.4) is 0 Å². The third-order valence-electron chi connectivity index (χ3n) is 4.56. The standard InChI is InChI=1S/C16H14N2O5S/c1-2-23-15(22)16-11(14(21)17(16)7-8-24-16)18-12(19)9-5-3-4-6-10(9)13(18)20/h3-6,11H,2,7-8H2,1H3/t11-,16-/m1/s1. The zero-order valence-electron chi connectivity index (χ0n) is 12.9. The smallest absolute Gasteiger partial charge is 0.345 e. The first kappa shape index (κ1) is 15.2. The number of hydrogen-bond acceptors (Lipinski definition) is 6. The SMILES string of the molecule is CCOC(=O)[C@@]12SCCN1C(=O)[C@H]2N1C(=O)c2ccccc2C1=O. The Morgan fingerprint density at radius 1 is 1.25 bits per heavy atom. The van der Waals surface area contributed by atoms with Crippen LogP contribution in [0.1, 0.15) is 27.6 Å². The van der Waals surface area contributed by atoms with Gasteiger partial charge in [0.15, 0.2) is 6.04 Å². The van der Waals surface area contributed by atoms with Crippen LogP contribution < -0.4 is 0 Å². The Balaban J connectivity index is 1.76. The van der Waals surface area contributed by atoms with Crippen LogP contribution in [-0.4, -0.2) is 63.3 Å². The maximum atomic E-state index is 12.7. The van der Waals surface area contributed by atoms with Gasteiger partial charge in [0.2, 0.25) is 4.87 Å². The maximum Gasteiger partial charge on any atom is 0.345 e. The quantitative estimate of drug-likeness (QED) is 0.450. The molecule has 4 rings (SSSR count). The molecule has 3 amide bonds. The van der Waals surface area contributed by atoms with E-state index in [1.54, 1.807) is 31.2 Å². The van der Waals surface area contributed by atoms with Crippen molar-refractivity contribution in [2.75, 3.05) is 18.9 Å². The molecule has 1 aromatic carbocycles. The average molecular weight is 346 g/mol. The minimum absolute atomic E-state index is 0.165. The first-order valence-electron chi connectivity index (χ1n) is 7.63. The molecule has 3 aliphatic rings. The van der Waals surface area contributed by atoms with E-state index in [9.17, 15) is 19.2 Å². The number of nitrogens with zero attached hydrogens (tertiary/aromatic N) is 2. The lowest BCUT2D eigenvalue weighted by atomic mass is 9.92. The number of carbonyl (C=O) groups excluding carboxylic acids is 4. The predicted octanol–water partition coefficient (Wildman–Crippen LogP) is 0.500. The summed E-state index contributed by atoms with van der Waals surface area (Å²) in [6.45, 7) is 2.25. The first-order valence-corrected chi connectivity index (χ1v) is 8.62. The number of ether oxygens (including phenoxy) is 1. The van der Waals surface area contributed by atoms with Gasteiger partial charge in [-0.1, -0.05) is 12.1 Å². The van der Waals surface area contributed by atoms with Gasteiger partial charge >= 0.3 is 5.97 Å². The molecule has 0 N–H and O–H groups in total. The first-order chi connectivity index (χ1) is 11.5. The van der Waals surface area contributed by atoms with Crippen LogP contribution in [0, 0.1) is 0 Å². The second-order valence-corrected chi connectivity index (χ2v) is 7.00. The number of esters is 1. The van der Waals surface area contributed by atoms with Crippen molar-refractivity contribution in [1.29, 1.82) is 0 Å². The lowest BCUT2D eigenvalue weighted by Crippen LogP contribution is -2.79. The number of β-lactam (4-membered cyclic amide) rings is 1. The van der Waals surface area contributed by atoms with Crippen molar-refractivity contribution in [3.8, 4) is 0 Å². The van der Waals surface area contributed by atoms with E-state index in [2.05, 4.69) is 0 Å². The monoisotopic (exact) mass is 346 g/mol. The number of amides is 3. The molecular formula is C16H14N2O5S. The van der Waals surface area contributed by atoms with Gasteiger partial charge in [0.25, 0.3) is 17.7 Å². The summed E-state index contributed by atoms with van der Waals surface area (Å²) in [4.78, 5) is 51.5. The number of imide groups is 1. The van der Waals surface area contributed by atoms with Gasteiger partial charge in [-0.3, -0.25) is 19.3 Å². The van der Waals surface area contributed by atoms with E-state index in [1.165, 1.54) is 16.7 Å². The molecule has 0 aromatic heterocycles. The highest BCUT2D eigenvalue weighted by molar-refractivity contribution is 8.01. The molecule has 0 spiro atoms. The van der Waals surface area contributed by atoms with Crippen molar-refractivity contribution in [3.63, 3.8) is 0 Å². The largest absolute Gasteiger partial charge is 0.464 e. The van der Waals surface area contributed by atoms with Crippen LogP contribution in [0.4, 0.5) is 0 Å². The van der Waals surface area contributed by atoms with Gasteiger partial charge in [0.05, 0.1) is 17.7 Å². The van der Waals surface area contributed by atoms with E-state index >= 15 is 0 Å². The highest BCUT2D eigenvalue weighted by atomic mass is 32.2. The Hall–Kier alpha value is -2.35. The van der Waals surface area contributed by atoms with Crippen LogP contribution in [0.2, 0.25) is 0 Å². The fraction of sp³-hybridized carbons (Fsp3) is 0.375. The Morgan fingerprint density at radius 3 is 2.46 bits per heavy atom. The predicted molar refractivity (Wildman–Crippen MR) is 84.3 cm³/mol. The van der Waals surface area contributed by atoms with E-state index in [1.807, 2.05) is 0 Å². The molecule has 1 aromatic rings. The molecule has 2 saturated heterocycles. The van der Waals surface area contributed by atoms with Crippen molar-refractivity contribution in [3.05, 3.63) is 35.4 Å². The molecule has 124 valence electrons. The van der Waals surface area contributed by atoms with Gasteiger partial charge in [0, 0.05) is 12.3 Å². The van der Waals surface area contributed by atoms with Gasteiger partial charge in [-0.15, -0.1) is 11.8 Å². The second-order valence-electron chi connectivity index (χ2n) is 5.68. The van der Waals surface area contributed by atoms with Crippen molar-refractivity contribution in [1.82, 2.24) is 9.80 Å². The summed E-state index contributed by atoms with van der Waals surface area (Å²) in [5.74, 6) is -1.48. The molecule has 2 fully saturated rings. The average Bonchev–Trinajstić information content (AvgIpc) is 3.09. The summed E-state index contributed by atoms with van der Waals surface area (Å²) >= 11 is 1.25. The zero-order valence-corrected chi connectivity index (χ0v) is 13.7. The van der Waals surface area contributed by atoms with E-state index < -0.39 is 28.7 Å². The van der Waals surface area contributed by atoms with Gasteiger partial charge < -0.3 is 9.64 Å². The third kappa shape index (κ3) is 1.64. The summed E-state index contributed by atoms with van der Waals surface area (Å²) in [6, 6.07) is 5.28. The molecule has 3 heterocycles. The summed E-state index contributed by atoms with van der Waals surface area (Å²) in [6.07, 6.45) is 0. The maximum absolute atomic E-state index is 12.7. The number of fused-ring (bicyclic) bond motifs is 2. The minimum atomic E-state index is -1.31. The highest BCUT2D eigenvalue weighted by Gasteiger charge is 2.73. The van der Waals surface area contributed by atoms with Crippen LogP contribution in [0.5, 0.6) is 0 Å². The van der Waals surface area contributed by atoms with Crippen LogP contribution in [-0.2, 0) is 14.3 Å². The van der Waals surface area contributed by atoms with Crippen molar-refractivity contribution in [2.24, 2.45) is 0 Å². The van der Waals surface area contributed by atoms with Crippen molar-refractivity contribution in [2.45, 2.75) is 17.8 Å². The lowest BCUT2D eigenvalue weighted by Gasteiger charge is -2.52. The zero-order chi connectivity index (χ0) is 17.1. The Labute approximate surface area is 141 Å². The Morgan fingerprint density at radius 2 is 1.88 bits per heavy atom. The summed E-state index contributed by atoms with van der Waals surface area (Å²) in [5.41, 5.74) is 0.520. The van der Waals surface area contributed by atoms with E-state index in [-0.39, 0.29) is 23.6 Å². The molecule has 24 heavy (non-hydrogen) atoms. The molecule has 7 nitrogen and oxygen atoms in total. The van der Waals surface area contributed by atoms with Crippen LogP contribution in [0.15, 0.2) is 24.3 Å². The molecule has 2 atom stereocenters. The molecule has 0 bridgehead atoms. The lowest BCUT2D eigenvalue weighted by molar-refractivity contribution is -0.175. The molecule has 0 unspecified atom stereocenters. The summed E-state index contributed by atoms with van der Waals surface area (Å²) in [7, 11) is 0. The van der Waals surface area contributed by atoms with E-state index in [0.29, 0.717) is 12.3 Å².